The highest BCUT2D eigenvalue weighted by Gasteiger charge is 2.07. The summed E-state index contributed by atoms with van der Waals surface area (Å²) < 4.78 is 26.1. The molecule has 22 heavy (non-hydrogen) atoms. The van der Waals surface area contributed by atoms with E-state index in [-0.39, 0.29) is 5.75 Å². The van der Waals surface area contributed by atoms with Gasteiger partial charge in [0, 0.05) is 6.20 Å². The molecule has 5 heteroatoms. The zero-order chi connectivity index (χ0) is 16.6. The van der Waals surface area contributed by atoms with Gasteiger partial charge in [-0.2, -0.15) is 0 Å². The molecule has 0 unspecified atom stereocenters. The molecule has 1 aromatic rings. The van der Waals surface area contributed by atoms with E-state index in [4.69, 9.17) is 0 Å². The van der Waals surface area contributed by atoms with Gasteiger partial charge >= 0.3 is 0 Å². The molecule has 0 aliphatic heterocycles. The first kappa shape index (κ1) is 18.7. The summed E-state index contributed by atoms with van der Waals surface area (Å²) in [4.78, 5) is 1.98. The van der Waals surface area contributed by atoms with E-state index in [2.05, 4.69) is 30.7 Å². The highest BCUT2D eigenvalue weighted by molar-refractivity contribution is 7.89. The number of hydrogen-bond acceptors (Lipinski definition) is 3. The first-order valence-electron chi connectivity index (χ1n) is 7.69. The number of hydrogen-bond donors (Lipinski definition) is 1. The summed E-state index contributed by atoms with van der Waals surface area (Å²) in [6.07, 6.45) is 4.97. The molecule has 4 nitrogen and oxygen atoms in total. The molecule has 0 saturated heterocycles. The Bertz CT molecular complexity index is 561. The quantitative estimate of drug-likeness (QED) is 0.760. The third kappa shape index (κ3) is 8.20. The third-order valence-corrected chi connectivity index (χ3v) is 4.49. The normalized spacial score (nSPS) is 12.5. The van der Waals surface area contributed by atoms with Crippen molar-refractivity contribution in [3.05, 3.63) is 41.6 Å². The maximum absolute atomic E-state index is 11.8. The molecule has 1 aromatic carbocycles. The van der Waals surface area contributed by atoms with Gasteiger partial charge in [0.25, 0.3) is 0 Å². The number of rotatable bonds is 9. The van der Waals surface area contributed by atoms with E-state index >= 15 is 0 Å². The van der Waals surface area contributed by atoms with Crippen molar-refractivity contribution in [1.82, 2.24) is 9.62 Å². The van der Waals surface area contributed by atoms with Gasteiger partial charge in [0.05, 0.1) is 5.75 Å². The summed E-state index contributed by atoms with van der Waals surface area (Å²) in [7, 11) is 0.632. The Labute approximate surface area is 135 Å². The predicted molar refractivity (Wildman–Crippen MR) is 94.1 cm³/mol. The Morgan fingerprint density at radius 2 is 1.82 bits per heavy atom. The predicted octanol–water partition coefficient (Wildman–Crippen LogP) is 2.73. The molecular formula is C17H28N2O2S. The molecule has 0 bridgehead atoms. The second kappa shape index (κ2) is 8.96. The molecule has 0 radical (unpaired) electrons. The molecular weight excluding hydrogens is 296 g/mol. The van der Waals surface area contributed by atoms with E-state index in [0.717, 1.165) is 18.5 Å². The molecule has 0 saturated carbocycles. The summed E-state index contributed by atoms with van der Waals surface area (Å²) in [5.41, 5.74) is 2.29. The van der Waals surface area contributed by atoms with Crippen LogP contribution in [0.25, 0.3) is 6.08 Å². The minimum absolute atomic E-state index is 0.142. The topological polar surface area (TPSA) is 49.4 Å². The van der Waals surface area contributed by atoms with Gasteiger partial charge in [-0.25, -0.2) is 8.42 Å². The first-order chi connectivity index (χ1) is 10.3. The van der Waals surface area contributed by atoms with Gasteiger partial charge in [0.15, 0.2) is 0 Å². The van der Waals surface area contributed by atoms with Crippen molar-refractivity contribution < 1.29 is 8.42 Å². The van der Waals surface area contributed by atoms with Crippen molar-refractivity contribution in [2.24, 2.45) is 5.92 Å². The fourth-order valence-electron chi connectivity index (χ4n) is 2.10. The molecule has 0 aliphatic rings. The molecule has 1 rings (SSSR count). The van der Waals surface area contributed by atoms with Crippen molar-refractivity contribution in [3.63, 3.8) is 0 Å². The number of benzene rings is 1. The van der Waals surface area contributed by atoms with Crippen molar-refractivity contribution >= 4 is 16.1 Å². The summed E-state index contributed by atoms with van der Waals surface area (Å²) in [5, 5.41) is 0. The largest absolute Gasteiger partial charge is 0.309 e. The van der Waals surface area contributed by atoms with Gasteiger partial charge < -0.3 is 4.90 Å². The standard InChI is InChI=1S/C17H28N2O2S/c1-15(2)14-17-8-6-16(7-9-17)10-11-18-22(20,21)13-5-12-19(3)4/h6-11,15,18H,5,12-14H2,1-4H3. The highest BCUT2D eigenvalue weighted by Crippen LogP contribution is 2.10. The Balaban J connectivity index is 2.47. The SMILES string of the molecule is CC(C)Cc1ccc(C=CNS(=O)(=O)CCCN(C)C)cc1. The summed E-state index contributed by atoms with van der Waals surface area (Å²) in [6.45, 7) is 5.15. The lowest BCUT2D eigenvalue weighted by Crippen LogP contribution is -2.24. The van der Waals surface area contributed by atoms with E-state index in [1.54, 1.807) is 6.08 Å². The number of nitrogens with zero attached hydrogens (tertiary/aromatic N) is 1. The van der Waals surface area contributed by atoms with Crippen molar-refractivity contribution in [2.45, 2.75) is 26.7 Å². The van der Waals surface area contributed by atoms with Crippen LogP contribution in [0.15, 0.2) is 30.5 Å². The molecule has 0 amide bonds. The van der Waals surface area contributed by atoms with Crippen molar-refractivity contribution in [2.75, 3.05) is 26.4 Å². The fraction of sp³-hybridized carbons (Fsp3) is 0.529. The second-order valence-electron chi connectivity index (χ2n) is 6.27. The summed E-state index contributed by atoms with van der Waals surface area (Å²) >= 11 is 0. The number of nitrogens with one attached hydrogen (secondary N) is 1. The van der Waals surface area contributed by atoms with Gasteiger partial charge in [-0.1, -0.05) is 38.1 Å². The molecule has 0 fully saturated rings. The monoisotopic (exact) mass is 324 g/mol. The highest BCUT2D eigenvalue weighted by atomic mass is 32.2. The first-order valence-corrected chi connectivity index (χ1v) is 9.34. The third-order valence-electron chi connectivity index (χ3n) is 3.17. The van der Waals surface area contributed by atoms with Crippen LogP contribution >= 0.6 is 0 Å². The maximum Gasteiger partial charge on any atom is 0.232 e. The zero-order valence-electron chi connectivity index (χ0n) is 14.0. The minimum Gasteiger partial charge on any atom is -0.309 e. The molecule has 124 valence electrons. The average Bonchev–Trinajstić information content (AvgIpc) is 2.39. The lowest BCUT2D eigenvalue weighted by atomic mass is 10.0. The number of sulfonamides is 1. The molecule has 0 aliphatic carbocycles. The molecule has 0 aromatic heterocycles. The van der Waals surface area contributed by atoms with Crippen LogP contribution in [0, 0.1) is 5.92 Å². The Morgan fingerprint density at radius 1 is 1.18 bits per heavy atom. The fourth-order valence-corrected chi connectivity index (χ4v) is 3.00. The molecule has 0 heterocycles. The van der Waals surface area contributed by atoms with E-state index in [1.165, 1.54) is 11.8 Å². The van der Waals surface area contributed by atoms with Crippen LogP contribution in [-0.4, -0.2) is 39.7 Å². The van der Waals surface area contributed by atoms with Crippen LogP contribution in [0.5, 0.6) is 0 Å². The van der Waals surface area contributed by atoms with Gasteiger partial charge in [0.1, 0.15) is 0 Å². The molecule has 0 spiro atoms. The maximum atomic E-state index is 11.8. The van der Waals surface area contributed by atoms with Gasteiger partial charge in [-0.15, -0.1) is 0 Å². The van der Waals surface area contributed by atoms with Crippen LogP contribution in [0.1, 0.15) is 31.4 Å². The summed E-state index contributed by atoms with van der Waals surface area (Å²) in [5.74, 6) is 0.776. The van der Waals surface area contributed by atoms with E-state index < -0.39 is 10.0 Å². The lowest BCUT2D eigenvalue weighted by molar-refractivity contribution is 0.408. The zero-order valence-corrected chi connectivity index (χ0v) is 14.9. The molecule has 1 N–H and O–H groups in total. The smallest absolute Gasteiger partial charge is 0.232 e. The summed E-state index contributed by atoms with van der Waals surface area (Å²) in [6, 6.07) is 8.19. The van der Waals surface area contributed by atoms with Gasteiger partial charge in [-0.05, 0) is 56.6 Å². The van der Waals surface area contributed by atoms with Crippen LogP contribution in [-0.2, 0) is 16.4 Å². The Morgan fingerprint density at radius 3 is 2.36 bits per heavy atom. The second-order valence-corrected chi connectivity index (χ2v) is 8.14. The van der Waals surface area contributed by atoms with Gasteiger partial charge in [0.2, 0.25) is 10.0 Å². The van der Waals surface area contributed by atoms with E-state index in [1.807, 2.05) is 31.1 Å². The lowest BCUT2D eigenvalue weighted by Gasteiger charge is -2.09. The van der Waals surface area contributed by atoms with Crippen LogP contribution < -0.4 is 4.72 Å². The molecule has 0 atom stereocenters. The van der Waals surface area contributed by atoms with Crippen LogP contribution in [0.3, 0.4) is 0 Å². The van der Waals surface area contributed by atoms with Crippen molar-refractivity contribution in [1.29, 1.82) is 0 Å². The van der Waals surface area contributed by atoms with Crippen molar-refractivity contribution in [3.8, 4) is 0 Å². The Hall–Kier alpha value is -1.33. The Kier molecular flexibility index (Phi) is 7.62. The van der Waals surface area contributed by atoms with Gasteiger partial charge in [-0.3, -0.25) is 4.72 Å². The van der Waals surface area contributed by atoms with E-state index in [9.17, 15) is 8.42 Å². The minimum atomic E-state index is -3.23. The van der Waals surface area contributed by atoms with Crippen LogP contribution in [0.2, 0.25) is 0 Å². The average molecular weight is 324 g/mol. The van der Waals surface area contributed by atoms with Crippen LogP contribution in [0.4, 0.5) is 0 Å². The van der Waals surface area contributed by atoms with E-state index in [0.29, 0.717) is 12.3 Å².